The third-order valence-electron chi connectivity index (χ3n) is 1.65. The largest absolute Gasteiger partial charge is 0.478 e. The zero-order valence-corrected chi connectivity index (χ0v) is 8.93. The molecule has 0 aromatic heterocycles. The summed E-state index contributed by atoms with van der Waals surface area (Å²) in [6.45, 7) is 1.81. The first-order valence-electron chi connectivity index (χ1n) is 3.87. The van der Waals surface area contributed by atoms with Crippen LogP contribution in [-0.2, 0) is 4.79 Å². The molecule has 0 fully saturated rings. The molecule has 2 nitrogen and oxygen atoms in total. The number of hydrogen-bond donors (Lipinski definition) is 1. The third kappa shape index (κ3) is 2.76. The number of benzene rings is 1. The van der Waals surface area contributed by atoms with Crippen molar-refractivity contribution in [3.8, 4) is 0 Å². The van der Waals surface area contributed by atoms with Crippen LogP contribution in [0.3, 0.4) is 0 Å². The molecule has 0 aliphatic carbocycles. The number of carbonyl (C=O) groups is 1. The first-order valence-corrected chi connectivity index (χ1v) is 4.63. The smallest absolute Gasteiger partial charge is 0.328 e. The van der Waals surface area contributed by atoms with Crippen LogP contribution in [0.4, 0.5) is 0 Å². The van der Waals surface area contributed by atoms with Crippen LogP contribution in [0, 0.1) is 6.92 Å². The van der Waals surface area contributed by atoms with E-state index in [1.807, 2.05) is 6.92 Å². The first-order chi connectivity index (χ1) is 6.50. The minimum absolute atomic E-state index is 0.428. The van der Waals surface area contributed by atoms with Gasteiger partial charge in [0.15, 0.2) is 0 Å². The topological polar surface area (TPSA) is 37.3 Å². The molecule has 1 rings (SSSR count). The van der Waals surface area contributed by atoms with E-state index in [4.69, 9.17) is 28.3 Å². The molecule has 0 aliphatic rings. The third-order valence-corrected chi connectivity index (χ3v) is 2.55. The van der Waals surface area contributed by atoms with E-state index >= 15 is 0 Å². The summed E-state index contributed by atoms with van der Waals surface area (Å²) in [7, 11) is 0. The van der Waals surface area contributed by atoms with Crippen molar-refractivity contribution < 1.29 is 9.90 Å². The Kier molecular flexibility index (Phi) is 3.55. The molecule has 0 aliphatic heterocycles. The van der Waals surface area contributed by atoms with Crippen LogP contribution >= 0.6 is 23.2 Å². The van der Waals surface area contributed by atoms with E-state index in [1.165, 1.54) is 6.08 Å². The van der Waals surface area contributed by atoms with Crippen LogP contribution < -0.4 is 0 Å². The maximum atomic E-state index is 10.3. The van der Waals surface area contributed by atoms with Crippen molar-refractivity contribution in [3.63, 3.8) is 0 Å². The van der Waals surface area contributed by atoms with E-state index in [0.29, 0.717) is 10.0 Å². The predicted octanol–water partition coefficient (Wildman–Crippen LogP) is 3.40. The van der Waals surface area contributed by atoms with Crippen molar-refractivity contribution in [1.82, 2.24) is 0 Å². The SMILES string of the molecule is Cc1cc(/C=C/C(=O)O)cc(Cl)c1Cl. The molecule has 0 saturated carbocycles. The summed E-state index contributed by atoms with van der Waals surface area (Å²) >= 11 is 11.7. The number of halogens is 2. The Hall–Kier alpha value is -0.990. The molecule has 14 heavy (non-hydrogen) atoms. The normalized spacial score (nSPS) is 10.8. The Balaban J connectivity index is 3.07. The van der Waals surface area contributed by atoms with Crippen molar-refractivity contribution in [2.45, 2.75) is 6.92 Å². The number of carboxylic acids is 1. The van der Waals surface area contributed by atoms with E-state index in [2.05, 4.69) is 0 Å². The van der Waals surface area contributed by atoms with Crippen molar-refractivity contribution in [2.24, 2.45) is 0 Å². The van der Waals surface area contributed by atoms with Gasteiger partial charge in [-0.3, -0.25) is 0 Å². The van der Waals surface area contributed by atoms with Gasteiger partial charge in [-0.1, -0.05) is 29.3 Å². The molecule has 0 atom stereocenters. The highest BCUT2D eigenvalue weighted by molar-refractivity contribution is 6.42. The summed E-state index contributed by atoms with van der Waals surface area (Å²) in [4.78, 5) is 10.3. The van der Waals surface area contributed by atoms with Gasteiger partial charge < -0.3 is 5.11 Å². The molecule has 1 aromatic rings. The van der Waals surface area contributed by atoms with E-state index in [-0.39, 0.29) is 0 Å². The Bertz CT molecular complexity index is 374. The van der Waals surface area contributed by atoms with Gasteiger partial charge in [-0.2, -0.15) is 0 Å². The van der Waals surface area contributed by atoms with Gasteiger partial charge in [0.05, 0.1) is 10.0 Å². The second-order valence-corrected chi connectivity index (χ2v) is 3.59. The lowest BCUT2D eigenvalue weighted by Crippen LogP contribution is -1.86. The molecule has 0 bridgehead atoms. The van der Waals surface area contributed by atoms with Gasteiger partial charge in [0.1, 0.15) is 0 Å². The Morgan fingerprint density at radius 3 is 2.57 bits per heavy atom. The van der Waals surface area contributed by atoms with Crippen molar-refractivity contribution in [1.29, 1.82) is 0 Å². The number of hydrogen-bond acceptors (Lipinski definition) is 1. The second kappa shape index (κ2) is 4.49. The van der Waals surface area contributed by atoms with E-state index in [1.54, 1.807) is 12.1 Å². The Morgan fingerprint density at radius 1 is 1.43 bits per heavy atom. The molecule has 1 aromatic carbocycles. The Labute approximate surface area is 91.8 Å². The monoisotopic (exact) mass is 230 g/mol. The molecular weight excluding hydrogens is 223 g/mol. The number of carboxylic acid groups (broad SMARTS) is 1. The summed E-state index contributed by atoms with van der Waals surface area (Å²) in [6.07, 6.45) is 2.52. The fraction of sp³-hybridized carbons (Fsp3) is 0.100. The number of aliphatic carboxylic acids is 1. The zero-order valence-electron chi connectivity index (χ0n) is 7.42. The van der Waals surface area contributed by atoms with Gasteiger partial charge in [-0.05, 0) is 30.2 Å². The summed E-state index contributed by atoms with van der Waals surface area (Å²) < 4.78 is 0. The van der Waals surface area contributed by atoms with Crippen LogP contribution in [0.25, 0.3) is 6.08 Å². The molecule has 0 spiro atoms. The summed E-state index contributed by atoms with van der Waals surface area (Å²) in [5, 5.41) is 9.35. The van der Waals surface area contributed by atoms with Gasteiger partial charge in [-0.25, -0.2) is 4.79 Å². The molecule has 0 amide bonds. The van der Waals surface area contributed by atoms with Crippen LogP contribution in [-0.4, -0.2) is 11.1 Å². The lowest BCUT2D eigenvalue weighted by Gasteiger charge is -2.02. The summed E-state index contributed by atoms with van der Waals surface area (Å²) in [6, 6.07) is 3.39. The average Bonchev–Trinajstić information content (AvgIpc) is 2.10. The minimum atomic E-state index is -0.992. The average molecular weight is 231 g/mol. The predicted molar refractivity (Wildman–Crippen MR) is 57.9 cm³/mol. The van der Waals surface area contributed by atoms with Gasteiger partial charge in [-0.15, -0.1) is 0 Å². The fourth-order valence-corrected chi connectivity index (χ4v) is 1.40. The molecule has 0 radical (unpaired) electrons. The number of aryl methyl sites for hydroxylation is 1. The summed E-state index contributed by atoms with van der Waals surface area (Å²) in [5.74, 6) is -0.992. The minimum Gasteiger partial charge on any atom is -0.478 e. The van der Waals surface area contributed by atoms with E-state index in [9.17, 15) is 4.79 Å². The highest BCUT2D eigenvalue weighted by atomic mass is 35.5. The molecule has 1 N–H and O–H groups in total. The summed E-state index contributed by atoms with van der Waals surface area (Å²) in [5.41, 5.74) is 1.54. The zero-order chi connectivity index (χ0) is 10.7. The second-order valence-electron chi connectivity index (χ2n) is 2.81. The van der Waals surface area contributed by atoms with Crippen molar-refractivity contribution in [2.75, 3.05) is 0 Å². The first kappa shape index (κ1) is 11.1. The van der Waals surface area contributed by atoms with Crippen molar-refractivity contribution in [3.05, 3.63) is 39.4 Å². The van der Waals surface area contributed by atoms with E-state index in [0.717, 1.165) is 17.2 Å². The lowest BCUT2D eigenvalue weighted by molar-refractivity contribution is -0.131. The van der Waals surface area contributed by atoms with Crippen LogP contribution in [0.2, 0.25) is 10.0 Å². The number of rotatable bonds is 2. The van der Waals surface area contributed by atoms with Crippen LogP contribution in [0.15, 0.2) is 18.2 Å². The highest BCUT2D eigenvalue weighted by Crippen LogP contribution is 2.27. The van der Waals surface area contributed by atoms with Crippen LogP contribution in [0.1, 0.15) is 11.1 Å². The van der Waals surface area contributed by atoms with E-state index < -0.39 is 5.97 Å². The molecule has 74 valence electrons. The fourth-order valence-electron chi connectivity index (χ4n) is 1.02. The standard InChI is InChI=1S/C10H8Cl2O2/c1-6-4-7(2-3-9(13)14)5-8(11)10(6)12/h2-5H,1H3,(H,13,14)/b3-2+. The molecule has 4 heteroatoms. The van der Waals surface area contributed by atoms with Gasteiger partial charge in [0, 0.05) is 6.08 Å². The molecule has 0 saturated heterocycles. The van der Waals surface area contributed by atoms with Crippen LogP contribution in [0.5, 0.6) is 0 Å². The molecular formula is C10H8Cl2O2. The molecule has 0 heterocycles. The molecule has 0 unspecified atom stereocenters. The highest BCUT2D eigenvalue weighted by Gasteiger charge is 2.02. The quantitative estimate of drug-likeness (QED) is 0.792. The maximum Gasteiger partial charge on any atom is 0.328 e. The Morgan fingerprint density at radius 2 is 2.07 bits per heavy atom. The lowest BCUT2D eigenvalue weighted by atomic mass is 10.1. The van der Waals surface area contributed by atoms with Gasteiger partial charge in [0.2, 0.25) is 0 Å². The maximum absolute atomic E-state index is 10.3. The van der Waals surface area contributed by atoms with Crippen molar-refractivity contribution >= 4 is 35.2 Å². The van der Waals surface area contributed by atoms with Gasteiger partial charge in [0.25, 0.3) is 0 Å². The van der Waals surface area contributed by atoms with Gasteiger partial charge >= 0.3 is 5.97 Å².